The molecule has 0 bridgehead atoms. The highest BCUT2D eigenvalue weighted by molar-refractivity contribution is 6.31. The van der Waals surface area contributed by atoms with E-state index >= 15 is 0 Å². The van der Waals surface area contributed by atoms with Gasteiger partial charge in [0.15, 0.2) is 0 Å². The van der Waals surface area contributed by atoms with Gasteiger partial charge in [-0.3, -0.25) is 4.98 Å². The molecule has 1 aromatic heterocycles. The van der Waals surface area contributed by atoms with Crippen molar-refractivity contribution in [1.82, 2.24) is 4.98 Å². The fourth-order valence-corrected chi connectivity index (χ4v) is 1.21. The molecule has 0 unspecified atom stereocenters. The molecule has 0 saturated carbocycles. The molecular formula is C8H11ClN2O. The predicted molar refractivity (Wildman–Crippen MR) is 47.9 cm³/mol. The highest BCUT2D eigenvalue weighted by Crippen LogP contribution is 2.19. The van der Waals surface area contributed by atoms with E-state index in [9.17, 15) is 0 Å². The van der Waals surface area contributed by atoms with Gasteiger partial charge in [0.2, 0.25) is 0 Å². The zero-order chi connectivity index (χ0) is 8.97. The molecule has 1 atom stereocenters. The topological polar surface area (TPSA) is 59.1 Å². The van der Waals surface area contributed by atoms with Crippen LogP contribution in [0.1, 0.15) is 18.2 Å². The first-order valence-corrected chi connectivity index (χ1v) is 4.10. The SMILES string of the molecule is N[C@@H](CCO)c1ncccc1Cl. The zero-order valence-corrected chi connectivity index (χ0v) is 7.33. The molecule has 4 heteroatoms. The molecule has 0 amide bonds. The van der Waals surface area contributed by atoms with Crippen LogP contribution in [0.4, 0.5) is 0 Å². The van der Waals surface area contributed by atoms with Crippen LogP contribution in [-0.2, 0) is 0 Å². The van der Waals surface area contributed by atoms with E-state index in [-0.39, 0.29) is 12.6 Å². The second-order valence-electron chi connectivity index (χ2n) is 2.49. The monoisotopic (exact) mass is 186 g/mol. The van der Waals surface area contributed by atoms with E-state index in [2.05, 4.69) is 4.98 Å². The number of hydrogen-bond donors (Lipinski definition) is 2. The summed E-state index contributed by atoms with van der Waals surface area (Å²) in [4.78, 5) is 4.03. The van der Waals surface area contributed by atoms with Crippen LogP contribution in [0.25, 0.3) is 0 Å². The minimum atomic E-state index is -0.274. The Balaban J connectivity index is 2.79. The van der Waals surface area contributed by atoms with Crippen LogP contribution in [0.3, 0.4) is 0 Å². The molecule has 0 radical (unpaired) electrons. The molecule has 0 aliphatic rings. The van der Waals surface area contributed by atoms with E-state index in [1.807, 2.05) is 0 Å². The van der Waals surface area contributed by atoms with Crippen molar-refractivity contribution < 1.29 is 5.11 Å². The lowest BCUT2D eigenvalue weighted by atomic mass is 10.1. The summed E-state index contributed by atoms with van der Waals surface area (Å²) in [7, 11) is 0. The summed E-state index contributed by atoms with van der Waals surface area (Å²) in [5, 5.41) is 9.19. The number of hydrogen-bond acceptors (Lipinski definition) is 3. The molecule has 3 N–H and O–H groups in total. The normalized spacial score (nSPS) is 12.9. The smallest absolute Gasteiger partial charge is 0.0757 e. The van der Waals surface area contributed by atoms with Crippen molar-refractivity contribution in [3.05, 3.63) is 29.0 Å². The lowest BCUT2D eigenvalue weighted by Crippen LogP contribution is -2.13. The third-order valence-electron chi connectivity index (χ3n) is 1.58. The summed E-state index contributed by atoms with van der Waals surface area (Å²) in [5.41, 5.74) is 6.35. The van der Waals surface area contributed by atoms with Crippen molar-refractivity contribution in [2.45, 2.75) is 12.5 Å². The van der Waals surface area contributed by atoms with Gasteiger partial charge in [-0.05, 0) is 18.6 Å². The number of nitrogens with two attached hydrogens (primary N) is 1. The molecule has 0 aromatic carbocycles. The lowest BCUT2D eigenvalue weighted by Gasteiger charge is -2.09. The minimum absolute atomic E-state index is 0.0497. The Morgan fingerprint density at radius 3 is 3.00 bits per heavy atom. The number of pyridine rings is 1. The number of aromatic nitrogens is 1. The predicted octanol–water partition coefficient (Wildman–Crippen LogP) is 1.12. The molecule has 12 heavy (non-hydrogen) atoms. The van der Waals surface area contributed by atoms with Gasteiger partial charge in [-0.2, -0.15) is 0 Å². The zero-order valence-electron chi connectivity index (χ0n) is 6.57. The van der Waals surface area contributed by atoms with Crippen molar-refractivity contribution >= 4 is 11.6 Å². The van der Waals surface area contributed by atoms with Crippen molar-refractivity contribution in [3.63, 3.8) is 0 Å². The summed E-state index contributed by atoms with van der Waals surface area (Å²) >= 11 is 5.83. The van der Waals surface area contributed by atoms with E-state index in [4.69, 9.17) is 22.4 Å². The fraction of sp³-hybridized carbons (Fsp3) is 0.375. The molecule has 0 aliphatic heterocycles. The van der Waals surface area contributed by atoms with Crippen LogP contribution in [-0.4, -0.2) is 16.7 Å². The number of rotatable bonds is 3. The minimum Gasteiger partial charge on any atom is -0.396 e. The van der Waals surface area contributed by atoms with E-state index in [0.29, 0.717) is 17.1 Å². The van der Waals surface area contributed by atoms with E-state index in [0.717, 1.165) is 0 Å². The third-order valence-corrected chi connectivity index (χ3v) is 1.90. The number of aliphatic hydroxyl groups excluding tert-OH is 1. The number of aliphatic hydroxyl groups is 1. The maximum absolute atomic E-state index is 8.64. The van der Waals surface area contributed by atoms with Gasteiger partial charge in [0, 0.05) is 12.8 Å². The van der Waals surface area contributed by atoms with Gasteiger partial charge < -0.3 is 10.8 Å². The molecule has 0 fully saturated rings. The first-order chi connectivity index (χ1) is 5.75. The van der Waals surface area contributed by atoms with Gasteiger partial charge in [-0.1, -0.05) is 11.6 Å². The molecule has 66 valence electrons. The summed E-state index contributed by atoms with van der Waals surface area (Å²) in [6.07, 6.45) is 2.12. The summed E-state index contributed by atoms with van der Waals surface area (Å²) in [5.74, 6) is 0. The molecular weight excluding hydrogens is 176 g/mol. The highest BCUT2D eigenvalue weighted by Gasteiger charge is 2.09. The number of halogens is 1. The van der Waals surface area contributed by atoms with E-state index < -0.39 is 0 Å². The Kier molecular flexibility index (Phi) is 3.47. The Morgan fingerprint density at radius 1 is 1.67 bits per heavy atom. The van der Waals surface area contributed by atoms with Crippen molar-refractivity contribution in [2.24, 2.45) is 5.73 Å². The second-order valence-corrected chi connectivity index (χ2v) is 2.90. The molecule has 1 heterocycles. The first-order valence-electron chi connectivity index (χ1n) is 3.72. The second kappa shape index (κ2) is 4.40. The van der Waals surface area contributed by atoms with Gasteiger partial charge in [-0.15, -0.1) is 0 Å². The average molecular weight is 187 g/mol. The fourth-order valence-electron chi connectivity index (χ4n) is 0.947. The van der Waals surface area contributed by atoms with Crippen molar-refractivity contribution in [3.8, 4) is 0 Å². The van der Waals surface area contributed by atoms with Gasteiger partial charge in [0.05, 0.1) is 16.8 Å². The van der Waals surface area contributed by atoms with Crippen LogP contribution in [0, 0.1) is 0 Å². The van der Waals surface area contributed by atoms with E-state index in [1.165, 1.54) is 0 Å². The Bertz CT molecular complexity index is 255. The maximum atomic E-state index is 8.64. The summed E-state index contributed by atoms with van der Waals surface area (Å²) < 4.78 is 0. The largest absolute Gasteiger partial charge is 0.396 e. The van der Waals surface area contributed by atoms with Crippen LogP contribution in [0.2, 0.25) is 5.02 Å². The highest BCUT2D eigenvalue weighted by atomic mass is 35.5. The Morgan fingerprint density at radius 2 is 2.42 bits per heavy atom. The first kappa shape index (κ1) is 9.45. The van der Waals surface area contributed by atoms with Gasteiger partial charge >= 0.3 is 0 Å². The molecule has 1 aromatic rings. The van der Waals surface area contributed by atoms with Crippen LogP contribution < -0.4 is 5.73 Å². The van der Waals surface area contributed by atoms with Gasteiger partial charge in [0.25, 0.3) is 0 Å². The van der Waals surface area contributed by atoms with Gasteiger partial charge in [-0.25, -0.2) is 0 Å². The van der Waals surface area contributed by atoms with Crippen LogP contribution in [0.15, 0.2) is 18.3 Å². The molecule has 0 aliphatic carbocycles. The van der Waals surface area contributed by atoms with Crippen molar-refractivity contribution in [2.75, 3.05) is 6.61 Å². The third kappa shape index (κ3) is 2.17. The van der Waals surface area contributed by atoms with Crippen molar-refractivity contribution in [1.29, 1.82) is 0 Å². The molecule has 1 rings (SSSR count). The molecule has 0 saturated heterocycles. The van der Waals surface area contributed by atoms with E-state index in [1.54, 1.807) is 18.3 Å². The average Bonchev–Trinajstić information content (AvgIpc) is 2.05. The van der Waals surface area contributed by atoms with Crippen LogP contribution in [0.5, 0.6) is 0 Å². The summed E-state index contributed by atoms with van der Waals surface area (Å²) in [6, 6.07) is 3.21. The molecule has 0 spiro atoms. The standard InChI is InChI=1S/C8H11ClN2O/c9-6-2-1-4-11-8(6)7(10)3-5-12/h1-2,4,7,12H,3,5,10H2/t7-/m0/s1. The van der Waals surface area contributed by atoms with Gasteiger partial charge in [0.1, 0.15) is 0 Å². The number of nitrogens with zero attached hydrogens (tertiary/aromatic N) is 1. The summed E-state index contributed by atoms with van der Waals surface area (Å²) in [6.45, 7) is 0.0497. The lowest BCUT2D eigenvalue weighted by molar-refractivity contribution is 0.275. The quantitative estimate of drug-likeness (QED) is 0.744. The maximum Gasteiger partial charge on any atom is 0.0757 e. The Hall–Kier alpha value is -0.640. The Labute approximate surface area is 76.2 Å². The molecule has 3 nitrogen and oxygen atoms in total. The van der Waals surface area contributed by atoms with Crippen LogP contribution >= 0.6 is 11.6 Å².